The van der Waals surface area contributed by atoms with Crippen LogP contribution >= 0.6 is 22.7 Å². The van der Waals surface area contributed by atoms with E-state index in [0.29, 0.717) is 10.0 Å². The van der Waals surface area contributed by atoms with Gasteiger partial charge in [-0.2, -0.15) is 0 Å². The van der Waals surface area contributed by atoms with Gasteiger partial charge in [-0.05, 0) is 44.7 Å². The quantitative estimate of drug-likeness (QED) is 0.713. The number of carbonyl (C=O) groups is 1. The van der Waals surface area contributed by atoms with Gasteiger partial charge in [0, 0.05) is 17.3 Å². The van der Waals surface area contributed by atoms with Crippen molar-refractivity contribution in [3.8, 4) is 5.13 Å². The Kier molecular flexibility index (Phi) is 4.20. The zero-order chi connectivity index (χ0) is 16.5. The lowest BCUT2D eigenvalue weighted by Crippen LogP contribution is -2.11. The summed E-state index contributed by atoms with van der Waals surface area (Å²) in [5.41, 5.74) is 1.92. The number of aryl methyl sites for hydroxylation is 3. The Labute approximate surface area is 148 Å². The summed E-state index contributed by atoms with van der Waals surface area (Å²) in [4.78, 5) is 23.7. The van der Waals surface area contributed by atoms with E-state index in [1.807, 2.05) is 36.0 Å². The summed E-state index contributed by atoms with van der Waals surface area (Å²) in [5, 5.41) is 4.48. The predicted molar refractivity (Wildman–Crippen MR) is 97.5 cm³/mol. The molecular weight excluding hydrogens is 340 g/mol. The first kappa shape index (κ1) is 15.5. The van der Waals surface area contributed by atoms with Gasteiger partial charge in [0.1, 0.15) is 4.88 Å². The van der Waals surface area contributed by atoms with Gasteiger partial charge in [-0.15, -0.1) is 11.3 Å². The standard InChI is InChI=1S/C17H18N4OS2/c1-11-14(24-17(18-11)21-9-5-6-10-21)15(22)20-16-19-12-7-3-2-4-8-13(12)23-16/h5-6,9-10H,2-4,7-8H2,1H3,(H,19,20,22). The van der Waals surface area contributed by atoms with Crippen LogP contribution in [0.25, 0.3) is 5.13 Å². The molecular formula is C17H18N4OS2. The average Bonchev–Trinajstić information content (AvgIpc) is 3.25. The lowest BCUT2D eigenvalue weighted by atomic mass is 10.2. The fourth-order valence-electron chi connectivity index (χ4n) is 2.90. The van der Waals surface area contributed by atoms with Gasteiger partial charge in [-0.3, -0.25) is 10.1 Å². The number of thiazole rings is 2. The van der Waals surface area contributed by atoms with Crippen molar-refractivity contribution < 1.29 is 4.79 Å². The third-order valence-corrected chi connectivity index (χ3v) is 6.38. The Morgan fingerprint density at radius 3 is 2.75 bits per heavy atom. The van der Waals surface area contributed by atoms with Crippen LogP contribution in [0, 0.1) is 6.92 Å². The topological polar surface area (TPSA) is 59.8 Å². The summed E-state index contributed by atoms with van der Waals surface area (Å²) in [6, 6.07) is 3.89. The number of nitrogens with zero attached hydrogens (tertiary/aromatic N) is 3. The summed E-state index contributed by atoms with van der Waals surface area (Å²) in [6.45, 7) is 1.87. The maximum absolute atomic E-state index is 12.6. The van der Waals surface area contributed by atoms with Crippen LogP contribution in [-0.2, 0) is 12.8 Å². The Hall–Kier alpha value is -1.99. The van der Waals surface area contributed by atoms with Gasteiger partial charge in [-0.1, -0.05) is 17.8 Å². The van der Waals surface area contributed by atoms with E-state index in [4.69, 9.17) is 0 Å². The highest BCUT2D eigenvalue weighted by atomic mass is 32.1. The molecule has 0 fully saturated rings. The summed E-state index contributed by atoms with van der Waals surface area (Å²) < 4.78 is 1.92. The molecule has 0 aromatic carbocycles. The minimum Gasteiger partial charge on any atom is -0.300 e. The molecule has 0 saturated carbocycles. The number of amides is 1. The first-order chi connectivity index (χ1) is 11.7. The summed E-state index contributed by atoms with van der Waals surface area (Å²) in [5.74, 6) is -0.118. The zero-order valence-electron chi connectivity index (χ0n) is 13.4. The third-order valence-electron chi connectivity index (χ3n) is 4.13. The molecule has 3 heterocycles. The number of fused-ring (bicyclic) bond motifs is 1. The molecule has 0 aliphatic heterocycles. The Morgan fingerprint density at radius 1 is 1.12 bits per heavy atom. The molecule has 1 aliphatic carbocycles. The molecule has 0 atom stereocenters. The zero-order valence-corrected chi connectivity index (χ0v) is 15.0. The van der Waals surface area contributed by atoms with Crippen LogP contribution in [0.4, 0.5) is 5.13 Å². The third kappa shape index (κ3) is 3.01. The molecule has 5 nitrogen and oxygen atoms in total. The van der Waals surface area contributed by atoms with Crippen LogP contribution in [0.3, 0.4) is 0 Å². The van der Waals surface area contributed by atoms with E-state index >= 15 is 0 Å². The first-order valence-electron chi connectivity index (χ1n) is 8.11. The van der Waals surface area contributed by atoms with Crippen LogP contribution in [0.15, 0.2) is 24.5 Å². The minimum atomic E-state index is -0.118. The lowest BCUT2D eigenvalue weighted by molar-refractivity contribution is 0.103. The Bertz CT molecular complexity index is 840. The second-order valence-corrected chi connectivity index (χ2v) is 7.97. The summed E-state index contributed by atoms with van der Waals surface area (Å²) in [7, 11) is 0. The fraction of sp³-hybridized carbons (Fsp3) is 0.353. The van der Waals surface area contributed by atoms with Crippen molar-refractivity contribution >= 4 is 33.7 Å². The summed E-state index contributed by atoms with van der Waals surface area (Å²) >= 11 is 3.02. The molecule has 124 valence electrons. The largest absolute Gasteiger partial charge is 0.300 e. The van der Waals surface area contributed by atoms with Gasteiger partial charge < -0.3 is 4.57 Å². The van der Waals surface area contributed by atoms with E-state index in [1.54, 1.807) is 11.3 Å². The van der Waals surface area contributed by atoms with Crippen LogP contribution in [0.1, 0.15) is 45.2 Å². The lowest BCUT2D eigenvalue weighted by Gasteiger charge is -1.99. The molecule has 0 radical (unpaired) electrons. The molecule has 1 N–H and O–H groups in total. The Balaban J connectivity index is 1.54. The van der Waals surface area contributed by atoms with Crippen molar-refractivity contribution in [3.63, 3.8) is 0 Å². The average molecular weight is 358 g/mol. The summed E-state index contributed by atoms with van der Waals surface area (Å²) in [6.07, 6.45) is 9.65. The van der Waals surface area contributed by atoms with Gasteiger partial charge in [0.15, 0.2) is 10.3 Å². The van der Waals surface area contributed by atoms with Gasteiger partial charge in [-0.25, -0.2) is 9.97 Å². The predicted octanol–water partition coefficient (Wildman–Crippen LogP) is 4.22. The fourth-order valence-corrected chi connectivity index (χ4v) is 4.88. The number of aromatic nitrogens is 3. The number of anilines is 1. The van der Waals surface area contributed by atoms with Crippen molar-refractivity contribution in [1.29, 1.82) is 0 Å². The maximum Gasteiger partial charge on any atom is 0.269 e. The van der Waals surface area contributed by atoms with E-state index in [-0.39, 0.29) is 5.91 Å². The molecule has 0 bridgehead atoms. The SMILES string of the molecule is Cc1nc(-n2cccc2)sc1C(=O)Nc1nc2c(s1)CCCCC2. The van der Waals surface area contributed by atoms with Crippen LogP contribution in [-0.4, -0.2) is 20.4 Å². The highest BCUT2D eigenvalue weighted by molar-refractivity contribution is 7.17. The number of nitrogens with one attached hydrogen (secondary N) is 1. The van der Waals surface area contributed by atoms with Crippen molar-refractivity contribution in [3.05, 3.63) is 45.7 Å². The van der Waals surface area contributed by atoms with E-state index < -0.39 is 0 Å². The minimum absolute atomic E-state index is 0.118. The second-order valence-electron chi connectivity index (χ2n) is 5.90. The highest BCUT2D eigenvalue weighted by Crippen LogP contribution is 2.30. The van der Waals surface area contributed by atoms with Crippen LogP contribution < -0.4 is 5.32 Å². The number of hydrogen-bond acceptors (Lipinski definition) is 5. The monoisotopic (exact) mass is 358 g/mol. The highest BCUT2D eigenvalue weighted by Gasteiger charge is 2.19. The molecule has 4 rings (SSSR count). The van der Waals surface area contributed by atoms with Gasteiger partial charge >= 0.3 is 0 Å². The van der Waals surface area contributed by atoms with Crippen molar-refractivity contribution in [2.24, 2.45) is 0 Å². The van der Waals surface area contributed by atoms with Crippen LogP contribution in [0.2, 0.25) is 0 Å². The molecule has 7 heteroatoms. The molecule has 24 heavy (non-hydrogen) atoms. The Morgan fingerprint density at radius 2 is 1.92 bits per heavy atom. The number of carbonyl (C=O) groups excluding carboxylic acids is 1. The van der Waals surface area contributed by atoms with Gasteiger partial charge in [0.25, 0.3) is 5.91 Å². The van der Waals surface area contributed by atoms with Gasteiger partial charge in [0.05, 0.1) is 11.4 Å². The normalized spacial score (nSPS) is 14.2. The van der Waals surface area contributed by atoms with Crippen molar-refractivity contribution in [2.75, 3.05) is 5.32 Å². The van der Waals surface area contributed by atoms with E-state index in [2.05, 4.69) is 15.3 Å². The molecule has 1 amide bonds. The number of rotatable bonds is 3. The van der Waals surface area contributed by atoms with Crippen molar-refractivity contribution in [2.45, 2.75) is 39.0 Å². The first-order valence-corrected chi connectivity index (χ1v) is 9.75. The van der Waals surface area contributed by atoms with E-state index in [9.17, 15) is 4.79 Å². The van der Waals surface area contributed by atoms with Crippen molar-refractivity contribution in [1.82, 2.24) is 14.5 Å². The van der Waals surface area contributed by atoms with E-state index in [1.165, 1.54) is 41.2 Å². The molecule has 1 aliphatic rings. The molecule has 3 aromatic rings. The maximum atomic E-state index is 12.6. The van der Waals surface area contributed by atoms with Gasteiger partial charge in [0.2, 0.25) is 0 Å². The molecule has 0 spiro atoms. The smallest absolute Gasteiger partial charge is 0.269 e. The molecule has 3 aromatic heterocycles. The van der Waals surface area contributed by atoms with Crippen LogP contribution in [0.5, 0.6) is 0 Å². The molecule has 0 unspecified atom stereocenters. The number of hydrogen-bond donors (Lipinski definition) is 1. The second kappa shape index (κ2) is 6.49. The van der Waals surface area contributed by atoms with E-state index in [0.717, 1.165) is 23.7 Å². The molecule has 0 saturated heterocycles.